The van der Waals surface area contributed by atoms with E-state index >= 15 is 0 Å². The van der Waals surface area contributed by atoms with Gasteiger partial charge in [-0.1, -0.05) is 43.0 Å². The van der Waals surface area contributed by atoms with Gasteiger partial charge in [-0.25, -0.2) is 4.98 Å². The topological polar surface area (TPSA) is 91.0 Å². The summed E-state index contributed by atoms with van der Waals surface area (Å²) in [5, 5.41) is 10.4. The van der Waals surface area contributed by atoms with Gasteiger partial charge in [0.1, 0.15) is 0 Å². The van der Waals surface area contributed by atoms with Crippen molar-refractivity contribution in [3.8, 4) is 11.4 Å². The van der Waals surface area contributed by atoms with Gasteiger partial charge in [0.15, 0.2) is 5.82 Å². The molecule has 27 heavy (non-hydrogen) atoms. The van der Waals surface area contributed by atoms with E-state index in [0.29, 0.717) is 11.0 Å². The van der Waals surface area contributed by atoms with Gasteiger partial charge in [0.05, 0.1) is 12.3 Å². The molecule has 0 aliphatic heterocycles. The molecule has 146 valence electrons. The van der Waals surface area contributed by atoms with Crippen LogP contribution in [0.3, 0.4) is 0 Å². The minimum atomic E-state index is -0.319. The summed E-state index contributed by atoms with van der Waals surface area (Å²) in [6.45, 7) is 7.84. The molecule has 2 aromatic rings. The predicted octanol–water partition coefficient (Wildman–Crippen LogP) is 2.50. The van der Waals surface area contributed by atoms with E-state index in [1.165, 1.54) is 22.2 Å². The summed E-state index contributed by atoms with van der Waals surface area (Å²) in [7, 11) is 1.61. The van der Waals surface area contributed by atoms with Crippen LogP contribution in [0.25, 0.3) is 11.4 Å². The molecule has 0 aliphatic carbocycles. The zero-order valence-corrected chi connectivity index (χ0v) is 17.3. The van der Waals surface area contributed by atoms with Crippen molar-refractivity contribution in [2.45, 2.75) is 44.8 Å². The third-order valence-corrected chi connectivity index (χ3v) is 4.58. The van der Waals surface area contributed by atoms with E-state index in [2.05, 4.69) is 39.6 Å². The highest BCUT2D eigenvalue weighted by Gasteiger charge is 2.18. The van der Waals surface area contributed by atoms with Crippen molar-refractivity contribution in [3.63, 3.8) is 0 Å². The Balaban J connectivity index is 1.86. The number of hydrogen-bond acceptors (Lipinski definition) is 5. The molecule has 0 saturated carbocycles. The number of likely N-dealkylation sites (N-methyl/N-ethyl adjacent to an activating group) is 1. The summed E-state index contributed by atoms with van der Waals surface area (Å²) in [6.07, 6.45) is 0.987. The van der Waals surface area contributed by atoms with Gasteiger partial charge >= 0.3 is 0 Å². The molecule has 8 heteroatoms. The van der Waals surface area contributed by atoms with Crippen molar-refractivity contribution in [2.24, 2.45) is 0 Å². The Morgan fingerprint density at radius 3 is 2.48 bits per heavy atom. The third kappa shape index (κ3) is 6.71. The number of amides is 2. The van der Waals surface area contributed by atoms with Crippen molar-refractivity contribution in [2.75, 3.05) is 19.3 Å². The molecular weight excluding hydrogens is 362 g/mol. The zero-order chi connectivity index (χ0) is 20.0. The smallest absolute Gasteiger partial charge is 0.240 e. The van der Waals surface area contributed by atoms with Crippen LogP contribution in [0.15, 0.2) is 29.4 Å². The maximum Gasteiger partial charge on any atom is 0.240 e. The first-order valence-electron chi connectivity index (χ1n) is 8.87. The highest BCUT2D eigenvalue weighted by molar-refractivity contribution is 7.99. The van der Waals surface area contributed by atoms with E-state index in [1.54, 1.807) is 7.05 Å². The summed E-state index contributed by atoms with van der Waals surface area (Å²) < 4.78 is 0. The van der Waals surface area contributed by atoms with Crippen molar-refractivity contribution >= 4 is 23.6 Å². The van der Waals surface area contributed by atoms with Gasteiger partial charge < -0.3 is 10.2 Å². The average Bonchev–Trinajstić information content (AvgIpc) is 3.07. The van der Waals surface area contributed by atoms with Gasteiger partial charge in [-0.2, -0.15) is 0 Å². The van der Waals surface area contributed by atoms with Gasteiger partial charge in [0.25, 0.3) is 0 Å². The number of rotatable bonds is 7. The normalized spacial score (nSPS) is 11.3. The lowest BCUT2D eigenvalue weighted by Gasteiger charge is -2.23. The number of benzene rings is 1. The Hall–Kier alpha value is -2.35. The predicted molar refractivity (Wildman–Crippen MR) is 107 cm³/mol. The average molecular weight is 390 g/mol. The van der Waals surface area contributed by atoms with Crippen LogP contribution >= 0.6 is 11.8 Å². The molecule has 2 amide bonds. The lowest BCUT2D eigenvalue weighted by atomic mass is 10.1. The molecule has 0 atom stereocenters. The SMILES string of the molecule is CCc1ccc(-c2nc(SCC(=O)N(C)CC(=O)NC(C)(C)C)n[nH]2)cc1. The van der Waals surface area contributed by atoms with Crippen molar-refractivity contribution in [1.29, 1.82) is 0 Å². The van der Waals surface area contributed by atoms with Crippen molar-refractivity contribution < 1.29 is 9.59 Å². The molecule has 2 N–H and O–H groups in total. The number of carbonyl (C=O) groups is 2. The fourth-order valence-electron chi connectivity index (χ4n) is 2.34. The number of carbonyl (C=O) groups excluding carboxylic acids is 2. The Labute approximate surface area is 164 Å². The minimum Gasteiger partial charge on any atom is -0.350 e. The van der Waals surface area contributed by atoms with Gasteiger partial charge in [-0.15, -0.1) is 5.10 Å². The summed E-state index contributed by atoms with van der Waals surface area (Å²) in [6, 6.07) is 8.12. The zero-order valence-electron chi connectivity index (χ0n) is 16.5. The van der Waals surface area contributed by atoms with Crippen molar-refractivity contribution in [1.82, 2.24) is 25.4 Å². The van der Waals surface area contributed by atoms with Gasteiger partial charge in [0, 0.05) is 18.2 Å². The largest absolute Gasteiger partial charge is 0.350 e. The molecular formula is C19H27N5O2S. The first-order chi connectivity index (χ1) is 12.7. The number of hydrogen-bond donors (Lipinski definition) is 2. The van der Waals surface area contributed by atoms with Gasteiger partial charge in [-0.3, -0.25) is 14.7 Å². The molecule has 7 nitrogen and oxygen atoms in total. The number of aromatic amines is 1. The molecule has 0 saturated heterocycles. The molecule has 0 aliphatic rings. The minimum absolute atomic E-state index is 0.0275. The highest BCUT2D eigenvalue weighted by Crippen LogP contribution is 2.20. The second kappa shape index (κ2) is 9.03. The van der Waals surface area contributed by atoms with E-state index in [4.69, 9.17) is 0 Å². The first-order valence-corrected chi connectivity index (χ1v) is 9.86. The molecule has 0 unspecified atom stereocenters. The van der Waals surface area contributed by atoms with Crippen LogP contribution < -0.4 is 5.32 Å². The summed E-state index contributed by atoms with van der Waals surface area (Å²) in [5.41, 5.74) is 1.89. The van der Waals surface area contributed by atoms with E-state index in [0.717, 1.165) is 12.0 Å². The maximum atomic E-state index is 12.2. The lowest BCUT2D eigenvalue weighted by molar-refractivity contribution is -0.133. The number of H-pyrrole nitrogens is 1. The van der Waals surface area contributed by atoms with Crippen LogP contribution in [0.5, 0.6) is 0 Å². The number of aromatic nitrogens is 3. The lowest BCUT2D eigenvalue weighted by Crippen LogP contribution is -2.46. The standard InChI is InChI=1S/C19H27N5O2S/c1-6-13-7-9-14(10-8-13)17-20-18(23-22-17)27-12-16(26)24(5)11-15(25)21-19(2,3)4/h7-10H,6,11-12H2,1-5H3,(H,21,25)(H,20,22,23). The Morgan fingerprint density at radius 1 is 1.22 bits per heavy atom. The quantitative estimate of drug-likeness (QED) is 0.710. The number of thioether (sulfide) groups is 1. The monoisotopic (exact) mass is 389 g/mol. The molecule has 1 heterocycles. The van der Waals surface area contributed by atoms with Gasteiger partial charge in [-0.05, 0) is 32.8 Å². The van der Waals surface area contributed by atoms with Crippen LogP contribution in [-0.4, -0.2) is 56.8 Å². The molecule has 0 bridgehead atoms. The van der Waals surface area contributed by atoms with Crippen molar-refractivity contribution in [3.05, 3.63) is 29.8 Å². The van der Waals surface area contributed by atoms with Crippen LogP contribution in [0.4, 0.5) is 0 Å². The Bertz CT molecular complexity index is 780. The first kappa shape index (κ1) is 21.0. The second-order valence-corrected chi connectivity index (χ2v) is 8.30. The summed E-state index contributed by atoms with van der Waals surface area (Å²) in [4.78, 5) is 30.0. The highest BCUT2D eigenvalue weighted by atomic mass is 32.2. The number of nitrogens with one attached hydrogen (secondary N) is 2. The van der Waals surface area contributed by atoms with E-state index in [1.807, 2.05) is 32.9 Å². The molecule has 0 spiro atoms. The van der Waals surface area contributed by atoms with E-state index in [9.17, 15) is 9.59 Å². The maximum absolute atomic E-state index is 12.2. The molecule has 1 aromatic heterocycles. The van der Waals surface area contributed by atoms with E-state index in [-0.39, 0.29) is 29.7 Å². The number of nitrogens with zero attached hydrogens (tertiary/aromatic N) is 3. The van der Waals surface area contributed by atoms with E-state index < -0.39 is 0 Å². The van der Waals surface area contributed by atoms with Gasteiger partial charge in [0.2, 0.25) is 17.0 Å². The van der Waals surface area contributed by atoms with Crippen LogP contribution in [-0.2, 0) is 16.0 Å². The Kier molecular flexibility index (Phi) is 7.01. The summed E-state index contributed by atoms with van der Waals surface area (Å²) in [5.74, 6) is 0.512. The fourth-order valence-corrected chi connectivity index (χ4v) is 3.08. The van der Waals surface area contributed by atoms with Crippen LogP contribution in [0, 0.1) is 0 Å². The van der Waals surface area contributed by atoms with Crippen LogP contribution in [0.2, 0.25) is 0 Å². The molecule has 2 rings (SSSR count). The molecule has 0 radical (unpaired) electrons. The third-order valence-electron chi connectivity index (χ3n) is 3.75. The second-order valence-electron chi connectivity index (χ2n) is 7.35. The fraction of sp³-hybridized carbons (Fsp3) is 0.474. The molecule has 0 fully saturated rings. The molecule has 1 aromatic carbocycles. The Morgan fingerprint density at radius 2 is 1.89 bits per heavy atom. The number of aryl methyl sites for hydroxylation is 1. The summed E-state index contributed by atoms with van der Waals surface area (Å²) >= 11 is 1.24. The van der Waals surface area contributed by atoms with Crippen LogP contribution in [0.1, 0.15) is 33.3 Å².